The van der Waals surface area contributed by atoms with E-state index >= 15 is 0 Å². The van der Waals surface area contributed by atoms with Crippen LogP contribution < -0.4 is 5.73 Å². The van der Waals surface area contributed by atoms with E-state index in [2.05, 4.69) is 10.3 Å². The number of primary amides is 1. The molecule has 0 fully saturated rings. The van der Waals surface area contributed by atoms with E-state index in [0.29, 0.717) is 11.3 Å². The average Bonchev–Trinajstić information content (AvgIpc) is 3.28. The number of amides is 1. The molecule has 10 heteroatoms. The number of nitrogens with two attached hydrogens (primary N) is 1. The summed E-state index contributed by atoms with van der Waals surface area (Å²) in [7, 11) is 0. The summed E-state index contributed by atoms with van der Waals surface area (Å²) in [5, 5.41) is 26.6. The average molecular weight is 401 g/mol. The van der Waals surface area contributed by atoms with Crippen molar-refractivity contribution in [3.63, 3.8) is 0 Å². The quantitative estimate of drug-likeness (QED) is 0.653. The van der Waals surface area contributed by atoms with Crippen LogP contribution in [-0.2, 0) is 6.54 Å². The summed E-state index contributed by atoms with van der Waals surface area (Å²) in [4.78, 5) is 11.6. The van der Waals surface area contributed by atoms with Gasteiger partial charge in [0.25, 0.3) is 5.91 Å². The molecular weight excluding hydrogens is 384 g/mol. The van der Waals surface area contributed by atoms with Crippen molar-refractivity contribution in [3.05, 3.63) is 58.6 Å². The molecule has 29 heavy (non-hydrogen) atoms. The predicted molar refractivity (Wildman–Crippen MR) is 96.4 cm³/mol. The molecule has 1 aromatic carbocycles. The van der Waals surface area contributed by atoms with E-state index in [-0.39, 0.29) is 29.5 Å². The fraction of sp³-hybridized carbons (Fsp3) is 0.263. The molecule has 8 nitrogen and oxygen atoms in total. The fourth-order valence-corrected chi connectivity index (χ4v) is 3.08. The zero-order valence-corrected chi connectivity index (χ0v) is 15.6. The van der Waals surface area contributed by atoms with Crippen LogP contribution in [0.3, 0.4) is 0 Å². The second-order valence-corrected chi connectivity index (χ2v) is 6.60. The Bertz CT molecular complexity index is 1090. The van der Waals surface area contributed by atoms with Gasteiger partial charge in [-0.25, -0.2) is 8.78 Å². The number of halogens is 2. The first-order chi connectivity index (χ1) is 13.7. The first kappa shape index (κ1) is 20.2. The molecule has 3 aromatic rings. The van der Waals surface area contributed by atoms with Crippen LogP contribution in [-0.4, -0.2) is 26.0 Å². The van der Waals surface area contributed by atoms with Crippen LogP contribution in [0.15, 0.2) is 28.9 Å². The number of nitriles is 1. The maximum atomic E-state index is 13.9. The van der Waals surface area contributed by atoms with Gasteiger partial charge in [0.2, 0.25) is 0 Å². The molecule has 0 spiro atoms. The second-order valence-electron chi connectivity index (χ2n) is 6.60. The van der Waals surface area contributed by atoms with Gasteiger partial charge in [-0.3, -0.25) is 9.48 Å². The predicted octanol–water partition coefficient (Wildman–Crippen LogP) is 2.64. The molecule has 1 unspecified atom stereocenters. The Kier molecular flexibility index (Phi) is 5.43. The molecular formula is C19H17F2N5O3. The minimum Gasteiger partial charge on any atom is -0.385 e. The molecule has 2 heterocycles. The van der Waals surface area contributed by atoms with Gasteiger partial charge in [0, 0.05) is 29.8 Å². The first-order valence-corrected chi connectivity index (χ1v) is 8.63. The van der Waals surface area contributed by atoms with Crippen molar-refractivity contribution in [1.29, 1.82) is 5.26 Å². The number of aliphatic hydroxyl groups excluding tert-OH is 1. The van der Waals surface area contributed by atoms with Gasteiger partial charge >= 0.3 is 0 Å². The summed E-state index contributed by atoms with van der Waals surface area (Å²) in [6.45, 7) is 3.50. The lowest BCUT2D eigenvalue weighted by Crippen LogP contribution is -2.17. The van der Waals surface area contributed by atoms with E-state index in [0.717, 1.165) is 12.1 Å². The number of benzene rings is 1. The zero-order chi connectivity index (χ0) is 21.3. The van der Waals surface area contributed by atoms with Crippen LogP contribution >= 0.6 is 0 Å². The molecule has 2 aromatic heterocycles. The molecule has 150 valence electrons. The third-order valence-electron chi connectivity index (χ3n) is 4.41. The van der Waals surface area contributed by atoms with Gasteiger partial charge in [0.15, 0.2) is 11.5 Å². The van der Waals surface area contributed by atoms with Crippen molar-refractivity contribution in [2.24, 2.45) is 5.73 Å². The molecule has 2 atom stereocenters. The molecule has 0 radical (unpaired) electrons. The Balaban J connectivity index is 1.89. The van der Waals surface area contributed by atoms with Gasteiger partial charge in [0.1, 0.15) is 29.4 Å². The Hall–Kier alpha value is -3.58. The monoisotopic (exact) mass is 401 g/mol. The van der Waals surface area contributed by atoms with Crippen molar-refractivity contribution < 1.29 is 23.2 Å². The third-order valence-corrected chi connectivity index (χ3v) is 4.41. The number of hydrogen-bond donors (Lipinski definition) is 2. The Morgan fingerprint density at radius 2 is 2.03 bits per heavy atom. The lowest BCUT2D eigenvalue weighted by Gasteiger charge is -2.13. The number of aromatic nitrogens is 3. The molecule has 0 aliphatic heterocycles. The van der Waals surface area contributed by atoms with Gasteiger partial charge in [-0.1, -0.05) is 12.1 Å². The molecule has 0 aliphatic carbocycles. The molecule has 1 amide bonds. The van der Waals surface area contributed by atoms with Crippen LogP contribution in [0.1, 0.15) is 53.2 Å². The van der Waals surface area contributed by atoms with Crippen LogP contribution in [0.25, 0.3) is 11.3 Å². The normalized spacial score (nSPS) is 13.1. The summed E-state index contributed by atoms with van der Waals surface area (Å²) >= 11 is 0. The van der Waals surface area contributed by atoms with Crippen LogP contribution in [0, 0.1) is 23.0 Å². The minimum atomic E-state index is -0.995. The Morgan fingerprint density at radius 3 is 2.59 bits per heavy atom. The summed E-state index contributed by atoms with van der Waals surface area (Å²) in [5.41, 5.74) is 5.46. The van der Waals surface area contributed by atoms with Gasteiger partial charge in [-0.2, -0.15) is 10.4 Å². The highest BCUT2D eigenvalue weighted by Crippen LogP contribution is 2.30. The summed E-state index contributed by atoms with van der Waals surface area (Å²) in [6, 6.07) is 5.10. The lowest BCUT2D eigenvalue weighted by atomic mass is 9.96. The standard InChI is InChI=1S/C19H17F2N5O3/c1-9(16-17(19(23)28)25-29-18(16)10(2)27)8-26-4-3-15(24-26)11-5-13(20)12(7-22)14(21)6-11/h3-6,9-10,27H,8H2,1-2H3,(H2,23,28)/t9-,10?/m0/s1. The fourth-order valence-electron chi connectivity index (χ4n) is 3.08. The van der Waals surface area contributed by atoms with Gasteiger partial charge in [-0.15, -0.1) is 0 Å². The maximum absolute atomic E-state index is 13.9. The molecule has 0 bridgehead atoms. The SMILES string of the molecule is CC(O)c1onc(C(N)=O)c1[C@@H](C)Cn1ccc(-c2cc(F)c(C#N)c(F)c2)n1. The molecule has 3 N–H and O–H groups in total. The molecule has 0 aliphatic rings. The van der Waals surface area contributed by atoms with Crippen LogP contribution in [0.4, 0.5) is 8.78 Å². The van der Waals surface area contributed by atoms with Crippen molar-refractivity contribution in [2.75, 3.05) is 0 Å². The van der Waals surface area contributed by atoms with E-state index in [4.69, 9.17) is 15.5 Å². The van der Waals surface area contributed by atoms with E-state index in [1.807, 2.05) is 0 Å². The van der Waals surface area contributed by atoms with E-state index in [1.165, 1.54) is 17.7 Å². The summed E-state index contributed by atoms with van der Waals surface area (Å²) < 4.78 is 34.3. The van der Waals surface area contributed by atoms with Crippen molar-refractivity contribution >= 4 is 5.91 Å². The maximum Gasteiger partial charge on any atom is 0.271 e. The number of rotatable bonds is 6. The molecule has 0 saturated heterocycles. The van der Waals surface area contributed by atoms with Crippen LogP contribution in [0.2, 0.25) is 0 Å². The number of hydrogen-bond acceptors (Lipinski definition) is 6. The highest BCUT2D eigenvalue weighted by atomic mass is 19.1. The van der Waals surface area contributed by atoms with E-state index in [9.17, 15) is 18.7 Å². The molecule has 0 saturated carbocycles. The van der Waals surface area contributed by atoms with Crippen molar-refractivity contribution in [2.45, 2.75) is 32.4 Å². The topological polar surface area (TPSA) is 131 Å². The lowest BCUT2D eigenvalue weighted by molar-refractivity contribution is 0.0989. The first-order valence-electron chi connectivity index (χ1n) is 8.63. The minimum absolute atomic E-state index is 0.0722. The summed E-state index contributed by atoms with van der Waals surface area (Å²) in [5.74, 6) is -2.96. The zero-order valence-electron chi connectivity index (χ0n) is 15.6. The second kappa shape index (κ2) is 7.81. The number of nitrogens with zero attached hydrogens (tertiary/aromatic N) is 4. The number of aliphatic hydroxyl groups is 1. The van der Waals surface area contributed by atoms with Crippen molar-refractivity contribution in [1.82, 2.24) is 14.9 Å². The van der Waals surface area contributed by atoms with Gasteiger partial charge in [-0.05, 0) is 25.1 Å². The smallest absolute Gasteiger partial charge is 0.271 e. The van der Waals surface area contributed by atoms with Gasteiger partial charge < -0.3 is 15.4 Å². The Labute approximate surface area is 164 Å². The van der Waals surface area contributed by atoms with E-state index in [1.54, 1.807) is 19.2 Å². The molecule has 3 rings (SSSR count). The number of carbonyl (C=O) groups excluding carboxylic acids is 1. The third kappa shape index (κ3) is 3.86. The summed E-state index contributed by atoms with van der Waals surface area (Å²) in [6.07, 6.45) is 0.602. The van der Waals surface area contributed by atoms with Gasteiger partial charge in [0.05, 0.1) is 5.69 Å². The van der Waals surface area contributed by atoms with Crippen molar-refractivity contribution in [3.8, 4) is 17.3 Å². The Morgan fingerprint density at radius 1 is 1.38 bits per heavy atom. The highest BCUT2D eigenvalue weighted by molar-refractivity contribution is 5.92. The van der Waals surface area contributed by atoms with E-state index < -0.39 is 29.2 Å². The highest BCUT2D eigenvalue weighted by Gasteiger charge is 2.27. The van der Waals surface area contributed by atoms with Crippen LogP contribution in [0.5, 0.6) is 0 Å². The number of carbonyl (C=O) groups is 1. The largest absolute Gasteiger partial charge is 0.385 e.